The zero-order chi connectivity index (χ0) is 35.5. The van der Waals surface area contributed by atoms with Crippen molar-refractivity contribution in [2.45, 2.75) is 48.9 Å². The Morgan fingerprint density at radius 1 is 0.792 bits per heavy atom. The van der Waals surface area contributed by atoms with Crippen molar-refractivity contribution in [3.05, 3.63) is 48.5 Å². The summed E-state index contributed by atoms with van der Waals surface area (Å²) in [4.78, 5) is 23.1. The van der Waals surface area contributed by atoms with Gasteiger partial charge < -0.3 is 42.4 Å². The number of aliphatic imine (C=N–C) groups is 4. The molecule has 2 aliphatic heterocycles. The van der Waals surface area contributed by atoms with Crippen molar-refractivity contribution >= 4 is 47.0 Å². The fourth-order valence-corrected chi connectivity index (χ4v) is 5.15. The standard InChI is InChI=1S/C16H23F3N6O.C14H19F2N5S/c1-24(2)12-7-9-25(10-8-12)15(21)23-14(20)22-11-3-5-13(6-4-11)26-16(17,18)19;1-22-11-4-2-10(3-5-11)19-12(17)20-13(18)21-8-6-14(15,16)7-9-21/h3-6,12H,7-10H2,1-2H3,(H4,20,21,22,23);2-5H,6-9H2,1H3,(H4,17,18,19,20). The van der Waals surface area contributed by atoms with Crippen molar-refractivity contribution in [1.29, 1.82) is 0 Å². The SMILES string of the molecule is CN(C)C1CCN(C(N)=NC(N)=Nc2ccc(OC(F)(F)F)cc2)CC1.CSc1ccc(N=C(N)N=C(N)N2CCC(F)(F)CC2)cc1. The van der Waals surface area contributed by atoms with Crippen molar-refractivity contribution < 1.29 is 26.7 Å². The van der Waals surface area contributed by atoms with Crippen molar-refractivity contribution in [3.63, 3.8) is 0 Å². The smallest absolute Gasteiger partial charge is 0.406 e. The number of hydrogen-bond donors (Lipinski definition) is 4. The maximum Gasteiger partial charge on any atom is 0.573 e. The summed E-state index contributed by atoms with van der Waals surface area (Å²) >= 11 is 1.63. The van der Waals surface area contributed by atoms with Gasteiger partial charge in [-0.2, -0.15) is 9.98 Å². The second-order valence-electron chi connectivity index (χ2n) is 11.1. The topological polar surface area (TPSA) is 172 Å². The first-order valence-electron chi connectivity index (χ1n) is 14.9. The van der Waals surface area contributed by atoms with Crippen LogP contribution >= 0.6 is 11.8 Å². The molecule has 0 radical (unpaired) electrons. The van der Waals surface area contributed by atoms with Gasteiger partial charge in [-0.25, -0.2) is 18.8 Å². The number of piperidine rings is 2. The van der Waals surface area contributed by atoms with Crippen molar-refractivity contribution in [2.24, 2.45) is 42.9 Å². The lowest BCUT2D eigenvalue weighted by atomic mass is 10.0. The van der Waals surface area contributed by atoms with E-state index >= 15 is 0 Å². The molecule has 18 heteroatoms. The number of likely N-dealkylation sites (tertiary alicyclic amines) is 2. The molecule has 8 N–H and O–H groups in total. The molecule has 2 aromatic carbocycles. The summed E-state index contributed by atoms with van der Waals surface area (Å²) in [7, 11) is 4.10. The number of thioether (sulfide) groups is 1. The molecule has 0 aromatic heterocycles. The van der Waals surface area contributed by atoms with E-state index in [1.54, 1.807) is 16.7 Å². The molecule has 2 aromatic rings. The molecule has 2 fully saturated rings. The molecule has 12 nitrogen and oxygen atoms in total. The highest BCUT2D eigenvalue weighted by atomic mass is 32.2. The molecular weight excluding hydrogens is 657 g/mol. The Labute approximate surface area is 280 Å². The van der Waals surface area contributed by atoms with Crippen LogP contribution in [0.3, 0.4) is 0 Å². The zero-order valence-corrected chi connectivity index (χ0v) is 27.8. The summed E-state index contributed by atoms with van der Waals surface area (Å²) in [6, 6.07) is 13.0. The van der Waals surface area contributed by atoms with Crippen molar-refractivity contribution in [2.75, 3.05) is 46.5 Å². The monoisotopic (exact) mass is 699 g/mol. The lowest BCUT2D eigenvalue weighted by Gasteiger charge is -2.35. The molecule has 2 aliphatic rings. The Bertz CT molecular complexity index is 1430. The van der Waals surface area contributed by atoms with Gasteiger partial charge in [0.15, 0.2) is 11.9 Å². The number of halogens is 5. The number of ether oxygens (including phenoxy) is 1. The number of nitrogens with zero attached hydrogens (tertiary/aromatic N) is 7. The molecular formula is C30H42F5N11OS. The Kier molecular flexibility index (Phi) is 13.7. The summed E-state index contributed by atoms with van der Waals surface area (Å²) in [5.74, 6) is -2.61. The molecule has 264 valence electrons. The van der Waals surface area contributed by atoms with Gasteiger partial charge in [0.1, 0.15) is 5.75 Å². The fraction of sp³-hybridized carbons (Fsp3) is 0.467. The summed E-state index contributed by atoms with van der Waals surface area (Å²) < 4.78 is 66.4. The highest BCUT2D eigenvalue weighted by molar-refractivity contribution is 7.98. The second kappa shape index (κ2) is 17.2. The van der Waals surface area contributed by atoms with Gasteiger partial charge in [0.25, 0.3) is 5.92 Å². The average molecular weight is 700 g/mol. The zero-order valence-electron chi connectivity index (χ0n) is 27.0. The predicted octanol–water partition coefficient (Wildman–Crippen LogP) is 4.27. The first-order valence-corrected chi connectivity index (χ1v) is 16.2. The molecule has 2 saturated heterocycles. The van der Waals surface area contributed by atoms with Crippen LogP contribution in [0.15, 0.2) is 73.4 Å². The van der Waals surface area contributed by atoms with Gasteiger partial charge in [-0.3, -0.25) is 0 Å². The second-order valence-corrected chi connectivity index (χ2v) is 12.0. The maximum atomic E-state index is 13.1. The quantitative estimate of drug-likeness (QED) is 0.154. The van der Waals surface area contributed by atoms with Gasteiger partial charge in [0, 0.05) is 50.0 Å². The first-order chi connectivity index (χ1) is 22.5. The Hall–Kier alpha value is -4.32. The number of guanidine groups is 4. The van der Waals surface area contributed by atoms with Crippen molar-refractivity contribution in [1.82, 2.24) is 14.7 Å². The minimum absolute atomic E-state index is 0.00624. The molecule has 48 heavy (non-hydrogen) atoms. The Morgan fingerprint density at radius 2 is 1.23 bits per heavy atom. The normalized spacial score (nSPS) is 18.4. The molecule has 0 spiro atoms. The van der Waals surface area contributed by atoms with Gasteiger partial charge >= 0.3 is 6.36 Å². The van der Waals surface area contributed by atoms with E-state index in [0.29, 0.717) is 17.4 Å². The van der Waals surface area contributed by atoms with E-state index in [1.807, 2.05) is 49.5 Å². The number of nitrogens with two attached hydrogens (primary N) is 4. The van der Waals surface area contributed by atoms with Gasteiger partial charge in [-0.15, -0.1) is 24.9 Å². The minimum atomic E-state index is -4.73. The number of hydrogen-bond acceptors (Lipinski definition) is 5. The Balaban J connectivity index is 0.000000264. The average Bonchev–Trinajstić information content (AvgIpc) is 3.02. The maximum absolute atomic E-state index is 13.1. The van der Waals surface area contributed by atoms with E-state index in [4.69, 9.17) is 22.9 Å². The van der Waals surface area contributed by atoms with Crippen LogP contribution in [0.25, 0.3) is 0 Å². The van der Waals surface area contributed by atoms with Crippen LogP contribution in [0, 0.1) is 0 Å². The van der Waals surface area contributed by atoms with Gasteiger partial charge in [-0.05, 0) is 81.7 Å². The van der Waals surface area contributed by atoms with E-state index in [1.165, 1.54) is 12.1 Å². The van der Waals surface area contributed by atoms with Crippen LogP contribution in [0.2, 0.25) is 0 Å². The van der Waals surface area contributed by atoms with Crippen LogP contribution in [-0.4, -0.2) is 103 Å². The van der Waals surface area contributed by atoms with Crippen LogP contribution < -0.4 is 27.7 Å². The van der Waals surface area contributed by atoms with Crippen LogP contribution in [0.5, 0.6) is 5.75 Å². The van der Waals surface area contributed by atoms with Crippen LogP contribution in [0.1, 0.15) is 25.7 Å². The molecule has 0 amide bonds. The van der Waals surface area contributed by atoms with E-state index in [-0.39, 0.29) is 55.5 Å². The van der Waals surface area contributed by atoms with E-state index in [2.05, 4.69) is 29.6 Å². The molecule has 0 atom stereocenters. The van der Waals surface area contributed by atoms with E-state index < -0.39 is 12.3 Å². The summed E-state index contributed by atoms with van der Waals surface area (Å²) in [5, 5.41) is 0. The molecule has 0 bridgehead atoms. The largest absolute Gasteiger partial charge is 0.573 e. The van der Waals surface area contributed by atoms with Gasteiger partial charge in [0.05, 0.1) is 11.4 Å². The number of rotatable bonds is 5. The third-order valence-electron chi connectivity index (χ3n) is 7.43. The molecule has 2 heterocycles. The molecule has 0 aliphatic carbocycles. The predicted molar refractivity (Wildman–Crippen MR) is 181 cm³/mol. The minimum Gasteiger partial charge on any atom is -0.406 e. The van der Waals surface area contributed by atoms with Crippen LogP contribution in [0.4, 0.5) is 33.3 Å². The lowest BCUT2D eigenvalue weighted by Crippen LogP contribution is -2.47. The summed E-state index contributed by atoms with van der Waals surface area (Å²) in [5.41, 5.74) is 24.3. The van der Waals surface area contributed by atoms with E-state index in [0.717, 1.165) is 43.0 Å². The number of benzene rings is 2. The first kappa shape index (κ1) is 38.1. The lowest BCUT2D eigenvalue weighted by molar-refractivity contribution is -0.274. The fourth-order valence-electron chi connectivity index (χ4n) is 4.74. The third kappa shape index (κ3) is 13.1. The Morgan fingerprint density at radius 3 is 1.65 bits per heavy atom. The van der Waals surface area contributed by atoms with Gasteiger partial charge in [-0.1, -0.05) is 0 Å². The van der Waals surface area contributed by atoms with Crippen LogP contribution in [-0.2, 0) is 0 Å². The highest BCUT2D eigenvalue weighted by Gasteiger charge is 2.34. The molecule has 4 rings (SSSR count). The third-order valence-corrected chi connectivity index (χ3v) is 8.17. The summed E-state index contributed by atoms with van der Waals surface area (Å²) in [6.45, 7) is 1.87. The van der Waals surface area contributed by atoms with Crippen molar-refractivity contribution in [3.8, 4) is 5.75 Å². The highest BCUT2D eigenvalue weighted by Crippen LogP contribution is 2.28. The van der Waals surface area contributed by atoms with E-state index in [9.17, 15) is 22.0 Å². The van der Waals surface area contributed by atoms with Gasteiger partial charge in [0.2, 0.25) is 11.9 Å². The molecule has 0 saturated carbocycles. The summed E-state index contributed by atoms with van der Waals surface area (Å²) in [6.07, 6.45) is -1.25. The molecule has 0 unspecified atom stereocenters. The number of alkyl halides is 5.